The minimum atomic E-state index is 0.135. The second-order valence-electron chi connectivity index (χ2n) is 6.89. The van der Waals surface area contributed by atoms with Gasteiger partial charge in [-0.25, -0.2) is 0 Å². The monoisotopic (exact) mass is 332 g/mol. The van der Waals surface area contributed by atoms with Crippen molar-refractivity contribution in [2.75, 3.05) is 19.9 Å². The molecule has 6 heteroatoms. The number of rotatable bonds is 6. The van der Waals surface area contributed by atoms with Crippen LogP contribution in [0.25, 0.3) is 0 Å². The summed E-state index contributed by atoms with van der Waals surface area (Å²) in [5.74, 6) is 2.83. The van der Waals surface area contributed by atoms with E-state index in [1.165, 1.54) is 12.8 Å². The Balaban J connectivity index is 1.15. The van der Waals surface area contributed by atoms with Crippen LogP contribution in [-0.4, -0.2) is 37.9 Å². The first-order chi connectivity index (χ1) is 11.8. The van der Waals surface area contributed by atoms with Gasteiger partial charge in [0.2, 0.25) is 12.7 Å². The van der Waals surface area contributed by atoms with Gasteiger partial charge in [0.05, 0.1) is 6.54 Å². The number of piperidine rings is 1. The second-order valence-corrected chi connectivity index (χ2v) is 6.89. The predicted molar refractivity (Wildman–Crippen MR) is 88.4 cm³/mol. The maximum atomic E-state index is 12.1. The van der Waals surface area contributed by atoms with Crippen molar-refractivity contribution in [3.05, 3.63) is 18.2 Å². The highest BCUT2D eigenvalue weighted by molar-refractivity contribution is 5.76. The molecule has 2 saturated heterocycles. The number of hydrogen-bond acceptors (Lipinski definition) is 5. The van der Waals surface area contributed by atoms with Crippen LogP contribution in [0.5, 0.6) is 17.2 Å². The largest absolute Gasteiger partial charge is 0.492 e. The van der Waals surface area contributed by atoms with Crippen LogP contribution in [0.15, 0.2) is 18.2 Å². The summed E-state index contributed by atoms with van der Waals surface area (Å²) in [4.78, 5) is 12.1. The van der Waals surface area contributed by atoms with Gasteiger partial charge in [-0.15, -0.1) is 0 Å². The lowest BCUT2D eigenvalue weighted by Crippen LogP contribution is -2.40. The average Bonchev–Trinajstić information content (AvgIpc) is 3.17. The summed E-state index contributed by atoms with van der Waals surface area (Å²) in [5, 5.41) is 6.57. The number of hydrogen-bond donors (Lipinski definition) is 2. The number of nitrogens with one attached hydrogen (secondary N) is 2. The summed E-state index contributed by atoms with van der Waals surface area (Å²) in [5.41, 5.74) is 0. The van der Waals surface area contributed by atoms with Gasteiger partial charge >= 0.3 is 0 Å². The highest BCUT2D eigenvalue weighted by Crippen LogP contribution is 2.35. The van der Waals surface area contributed by atoms with Crippen LogP contribution in [0.3, 0.4) is 0 Å². The molecule has 130 valence electrons. The van der Waals surface area contributed by atoms with Crippen molar-refractivity contribution in [3.8, 4) is 17.2 Å². The lowest BCUT2D eigenvalue weighted by Gasteiger charge is -2.28. The Morgan fingerprint density at radius 1 is 1.21 bits per heavy atom. The van der Waals surface area contributed by atoms with E-state index >= 15 is 0 Å². The zero-order valence-corrected chi connectivity index (χ0v) is 13.8. The summed E-state index contributed by atoms with van der Waals surface area (Å²) in [6, 6.07) is 6.77. The van der Waals surface area contributed by atoms with E-state index in [2.05, 4.69) is 10.6 Å². The fourth-order valence-corrected chi connectivity index (χ4v) is 4.00. The van der Waals surface area contributed by atoms with Gasteiger partial charge in [-0.3, -0.25) is 4.79 Å². The molecule has 24 heavy (non-hydrogen) atoms. The number of carbonyl (C=O) groups is 1. The van der Waals surface area contributed by atoms with E-state index in [1.54, 1.807) is 0 Å². The summed E-state index contributed by atoms with van der Waals surface area (Å²) in [6.45, 7) is 1.22. The molecule has 0 spiro atoms. The molecular formula is C18H24N2O4. The van der Waals surface area contributed by atoms with Crippen LogP contribution in [0, 0.1) is 5.92 Å². The highest BCUT2D eigenvalue weighted by atomic mass is 16.7. The van der Waals surface area contributed by atoms with Crippen molar-refractivity contribution in [2.24, 2.45) is 5.92 Å². The van der Waals surface area contributed by atoms with E-state index < -0.39 is 0 Å². The quantitative estimate of drug-likeness (QED) is 0.778. The maximum Gasteiger partial charge on any atom is 0.231 e. The molecule has 0 radical (unpaired) electrons. The predicted octanol–water partition coefficient (Wildman–Crippen LogP) is 1.83. The van der Waals surface area contributed by atoms with E-state index in [9.17, 15) is 4.79 Å². The van der Waals surface area contributed by atoms with Crippen molar-refractivity contribution in [1.82, 2.24) is 10.6 Å². The lowest BCUT2D eigenvalue weighted by atomic mass is 9.89. The van der Waals surface area contributed by atoms with Crippen LogP contribution < -0.4 is 24.8 Å². The summed E-state index contributed by atoms with van der Waals surface area (Å²) < 4.78 is 16.2. The van der Waals surface area contributed by atoms with Gasteiger partial charge in [0, 0.05) is 24.6 Å². The maximum absolute atomic E-state index is 12.1. The molecule has 0 aromatic heterocycles. The third-order valence-corrected chi connectivity index (χ3v) is 5.08. The van der Waals surface area contributed by atoms with Crippen LogP contribution in [0.2, 0.25) is 0 Å². The Kier molecular flexibility index (Phi) is 4.47. The van der Waals surface area contributed by atoms with Crippen molar-refractivity contribution < 1.29 is 19.0 Å². The standard InChI is InChI=1S/C18H24N2O4/c21-18(9-12-7-13-1-2-14(8-12)20-13)19-5-6-22-15-3-4-16-17(10-15)24-11-23-16/h3-4,10,12-14,20H,1-2,5-9,11H2,(H,19,21). The normalized spacial score (nSPS) is 27.1. The summed E-state index contributed by atoms with van der Waals surface area (Å²) >= 11 is 0. The molecule has 0 saturated carbocycles. The molecule has 6 nitrogen and oxygen atoms in total. The third kappa shape index (κ3) is 3.59. The fourth-order valence-electron chi connectivity index (χ4n) is 4.00. The third-order valence-electron chi connectivity index (χ3n) is 5.08. The fraction of sp³-hybridized carbons (Fsp3) is 0.611. The van der Waals surface area contributed by atoms with E-state index in [1.807, 2.05) is 18.2 Å². The van der Waals surface area contributed by atoms with E-state index in [-0.39, 0.29) is 12.7 Å². The molecule has 2 N–H and O–H groups in total. The van der Waals surface area contributed by atoms with Gasteiger partial charge in [0.15, 0.2) is 11.5 Å². The molecule has 3 aliphatic heterocycles. The van der Waals surface area contributed by atoms with Gasteiger partial charge in [-0.2, -0.15) is 0 Å². The topological polar surface area (TPSA) is 68.8 Å². The number of ether oxygens (including phenoxy) is 3. The summed E-state index contributed by atoms with van der Waals surface area (Å²) in [7, 11) is 0. The minimum absolute atomic E-state index is 0.135. The van der Waals surface area contributed by atoms with Crippen LogP contribution in [0.1, 0.15) is 32.1 Å². The van der Waals surface area contributed by atoms with Crippen molar-refractivity contribution in [2.45, 2.75) is 44.2 Å². The van der Waals surface area contributed by atoms with Crippen LogP contribution in [0.4, 0.5) is 0 Å². The molecule has 2 atom stereocenters. The Bertz CT molecular complexity index is 595. The van der Waals surface area contributed by atoms with Crippen molar-refractivity contribution in [3.63, 3.8) is 0 Å². The van der Waals surface area contributed by atoms with E-state index in [4.69, 9.17) is 14.2 Å². The number of fused-ring (bicyclic) bond motifs is 3. The second kappa shape index (κ2) is 6.89. The average molecular weight is 332 g/mol. The van der Waals surface area contributed by atoms with Gasteiger partial charge in [0.25, 0.3) is 0 Å². The Morgan fingerprint density at radius 3 is 2.83 bits per heavy atom. The van der Waals surface area contributed by atoms with E-state index in [0.717, 1.165) is 24.3 Å². The van der Waals surface area contributed by atoms with Gasteiger partial charge < -0.3 is 24.8 Å². The molecule has 1 aromatic carbocycles. The Labute approximate surface area is 141 Å². The minimum Gasteiger partial charge on any atom is -0.492 e. The van der Waals surface area contributed by atoms with Crippen LogP contribution >= 0.6 is 0 Å². The lowest BCUT2D eigenvalue weighted by molar-refractivity contribution is -0.122. The van der Waals surface area contributed by atoms with Crippen molar-refractivity contribution >= 4 is 5.91 Å². The zero-order chi connectivity index (χ0) is 16.4. The Hall–Kier alpha value is -1.95. The molecule has 1 amide bonds. The number of amides is 1. The molecule has 2 fully saturated rings. The number of carbonyl (C=O) groups excluding carboxylic acids is 1. The van der Waals surface area contributed by atoms with E-state index in [0.29, 0.717) is 43.3 Å². The molecule has 1 aromatic rings. The van der Waals surface area contributed by atoms with Gasteiger partial charge in [-0.1, -0.05) is 0 Å². The highest BCUT2D eigenvalue weighted by Gasteiger charge is 2.34. The van der Waals surface area contributed by atoms with Gasteiger partial charge in [0.1, 0.15) is 12.4 Å². The number of benzene rings is 1. The molecule has 3 heterocycles. The SMILES string of the molecule is O=C(CC1CC2CCC(C1)N2)NCCOc1ccc2c(c1)OCO2. The summed E-state index contributed by atoms with van der Waals surface area (Å²) in [6.07, 6.45) is 5.45. The molecule has 2 unspecified atom stereocenters. The van der Waals surface area contributed by atoms with Crippen LogP contribution in [-0.2, 0) is 4.79 Å². The molecule has 0 aliphatic carbocycles. The first kappa shape index (κ1) is 15.6. The first-order valence-corrected chi connectivity index (χ1v) is 8.81. The zero-order valence-electron chi connectivity index (χ0n) is 13.8. The molecule has 4 rings (SSSR count). The molecule has 3 aliphatic rings. The smallest absolute Gasteiger partial charge is 0.231 e. The first-order valence-electron chi connectivity index (χ1n) is 8.81. The molecule has 2 bridgehead atoms. The van der Waals surface area contributed by atoms with Gasteiger partial charge in [-0.05, 0) is 43.7 Å². The molecular weight excluding hydrogens is 308 g/mol. The Morgan fingerprint density at radius 2 is 2.00 bits per heavy atom. The van der Waals surface area contributed by atoms with Crippen molar-refractivity contribution in [1.29, 1.82) is 0 Å².